The van der Waals surface area contributed by atoms with E-state index in [1.807, 2.05) is 11.3 Å². The highest BCUT2D eigenvalue weighted by Gasteiger charge is 2.21. The van der Waals surface area contributed by atoms with E-state index in [1.165, 1.54) is 80.8 Å². The van der Waals surface area contributed by atoms with Gasteiger partial charge in [0, 0.05) is 31.5 Å². The lowest BCUT2D eigenvalue weighted by Gasteiger charge is -2.27. The molecule has 0 amide bonds. The Balaban J connectivity index is 1.12. The summed E-state index contributed by atoms with van der Waals surface area (Å²) in [5.41, 5.74) is 10.8. The first-order valence-electron chi connectivity index (χ1n) is 17.8. The van der Waals surface area contributed by atoms with E-state index in [-0.39, 0.29) is 0 Å². The van der Waals surface area contributed by atoms with Crippen LogP contribution in [0.15, 0.2) is 200 Å². The molecule has 9 aromatic carbocycles. The van der Waals surface area contributed by atoms with Crippen LogP contribution in [0.5, 0.6) is 0 Å². The number of benzene rings is 9. The molecule has 0 saturated carbocycles. The van der Waals surface area contributed by atoms with Gasteiger partial charge in [0.2, 0.25) is 0 Å². The Bertz CT molecular complexity index is 2890. The summed E-state index contributed by atoms with van der Waals surface area (Å²) >= 11 is 1.88. The van der Waals surface area contributed by atoms with Crippen molar-refractivity contribution in [1.29, 1.82) is 0 Å². The van der Waals surface area contributed by atoms with Gasteiger partial charge in [0.15, 0.2) is 0 Å². The molecule has 0 aliphatic carbocycles. The maximum absolute atomic E-state index is 2.42. The molecule has 0 fully saturated rings. The molecule has 1 nitrogen and oxygen atoms in total. The van der Waals surface area contributed by atoms with Crippen LogP contribution in [0.4, 0.5) is 17.1 Å². The second-order valence-electron chi connectivity index (χ2n) is 13.3. The average Bonchev–Trinajstić information content (AvgIpc) is 3.61. The van der Waals surface area contributed by atoms with Gasteiger partial charge in [-0.3, -0.25) is 0 Å². The number of hydrogen-bond acceptors (Lipinski definition) is 2. The van der Waals surface area contributed by atoms with Crippen molar-refractivity contribution in [3.05, 3.63) is 200 Å². The molecule has 1 heterocycles. The van der Waals surface area contributed by atoms with Gasteiger partial charge in [0.1, 0.15) is 0 Å². The summed E-state index contributed by atoms with van der Waals surface area (Å²) < 4.78 is 2.60. The van der Waals surface area contributed by atoms with Crippen LogP contribution in [-0.4, -0.2) is 0 Å². The molecule has 0 radical (unpaired) electrons. The topological polar surface area (TPSA) is 3.24 Å². The lowest BCUT2D eigenvalue weighted by Crippen LogP contribution is -2.10. The van der Waals surface area contributed by atoms with Crippen molar-refractivity contribution in [3.8, 4) is 33.4 Å². The normalized spacial score (nSPS) is 11.5. The Morgan fingerprint density at radius 2 is 1.00 bits per heavy atom. The molecule has 244 valence electrons. The number of nitrogens with zero attached hydrogens (tertiary/aromatic N) is 1. The summed E-state index contributed by atoms with van der Waals surface area (Å²) in [7, 11) is 0. The molecule has 0 spiro atoms. The van der Waals surface area contributed by atoms with E-state index in [2.05, 4.69) is 205 Å². The van der Waals surface area contributed by atoms with E-state index in [0.29, 0.717) is 0 Å². The van der Waals surface area contributed by atoms with Gasteiger partial charge in [-0.25, -0.2) is 0 Å². The highest BCUT2D eigenvalue weighted by molar-refractivity contribution is 7.26. The SMILES string of the molecule is c1ccc(-c2cccc3ccc(-c4ccc(N(c5ccccc5)c5ccc(-c6ccc7ccccc7c6)c6sc7ccccc7c56)cc4)cc23)cc1. The monoisotopic (exact) mass is 679 g/mol. The zero-order valence-electron chi connectivity index (χ0n) is 28.4. The molecule has 10 aromatic rings. The van der Waals surface area contributed by atoms with Crippen LogP contribution in [0.25, 0.3) is 75.1 Å². The van der Waals surface area contributed by atoms with E-state index < -0.39 is 0 Å². The number of thiophene rings is 1. The van der Waals surface area contributed by atoms with Crippen LogP contribution >= 0.6 is 11.3 Å². The van der Waals surface area contributed by atoms with E-state index >= 15 is 0 Å². The summed E-state index contributed by atoms with van der Waals surface area (Å²) in [6.07, 6.45) is 0. The van der Waals surface area contributed by atoms with Crippen LogP contribution in [0, 0.1) is 0 Å². The molecule has 1 aromatic heterocycles. The van der Waals surface area contributed by atoms with Crippen LogP contribution in [0.2, 0.25) is 0 Å². The van der Waals surface area contributed by atoms with Gasteiger partial charge in [-0.05, 0) is 103 Å². The van der Waals surface area contributed by atoms with Gasteiger partial charge in [0.05, 0.1) is 5.69 Å². The lowest BCUT2D eigenvalue weighted by atomic mass is 9.94. The molecule has 0 bridgehead atoms. The van der Waals surface area contributed by atoms with Crippen molar-refractivity contribution in [2.45, 2.75) is 0 Å². The van der Waals surface area contributed by atoms with Gasteiger partial charge in [-0.1, -0.05) is 152 Å². The van der Waals surface area contributed by atoms with Crippen molar-refractivity contribution in [2.24, 2.45) is 0 Å². The van der Waals surface area contributed by atoms with Crippen molar-refractivity contribution in [2.75, 3.05) is 4.90 Å². The Labute approximate surface area is 307 Å². The summed E-state index contributed by atoms with van der Waals surface area (Å²) in [5.74, 6) is 0. The van der Waals surface area contributed by atoms with Gasteiger partial charge < -0.3 is 4.90 Å². The van der Waals surface area contributed by atoms with Crippen LogP contribution in [-0.2, 0) is 0 Å². The molecular formula is C50H33NS. The summed E-state index contributed by atoms with van der Waals surface area (Å²) in [4.78, 5) is 2.42. The predicted octanol–water partition coefficient (Wildman–Crippen LogP) is 14.8. The minimum atomic E-state index is 1.12. The van der Waals surface area contributed by atoms with Crippen LogP contribution < -0.4 is 4.90 Å². The third kappa shape index (κ3) is 5.24. The minimum absolute atomic E-state index is 1.12. The molecule has 0 aliphatic rings. The highest BCUT2D eigenvalue weighted by atomic mass is 32.1. The molecular weight excluding hydrogens is 647 g/mol. The second kappa shape index (κ2) is 12.7. The highest BCUT2D eigenvalue weighted by Crippen LogP contribution is 2.48. The Morgan fingerprint density at radius 3 is 1.85 bits per heavy atom. The van der Waals surface area contributed by atoms with Gasteiger partial charge in [-0.2, -0.15) is 0 Å². The molecule has 2 heteroatoms. The van der Waals surface area contributed by atoms with E-state index in [1.54, 1.807) is 0 Å². The number of para-hydroxylation sites is 1. The van der Waals surface area contributed by atoms with Gasteiger partial charge in [-0.15, -0.1) is 11.3 Å². The first-order chi connectivity index (χ1) is 25.8. The third-order valence-corrected chi connectivity index (χ3v) is 11.4. The first-order valence-corrected chi connectivity index (χ1v) is 18.6. The van der Waals surface area contributed by atoms with Crippen molar-refractivity contribution >= 4 is 70.1 Å². The quantitative estimate of drug-likeness (QED) is 0.169. The predicted molar refractivity (Wildman–Crippen MR) is 225 cm³/mol. The van der Waals surface area contributed by atoms with E-state index in [4.69, 9.17) is 0 Å². The largest absolute Gasteiger partial charge is 0.310 e. The molecule has 0 aliphatic heterocycles. The minimum Gasteiger partial charge on any atom is -0.310 e. The number of rotatable bonds is 6. The van der Waals surface area contributed by atoms with E-state index in [9.17, 15) is 0 Å². The lowest BCUT2D eigenvalue weighted by molar-refractivity contribution is 1.30. The number of fused-ring (bicyclic) bond motifs is 5. The van der Waals surface area contributed by atoms with Crippen molar-refractivity contribution < 1.29 is 0 Å². The number of anilines is 3. The molecule has 0 atom stereocenters. The fraction of sp³-hybridized carbons (Fsp3) is 0. The van der Waals surface area contributed by atoms with Crippen molar-refractivity contribution in [3.63, 3.8) is 0 Å². The fourth-order valence-electron chi connectivity index (χ4n) is 7.71. The Morgan fingerprint density at radius 1 is 0.346 bits per heavy atom. The molecule has 0 saturated heterocycles. The van der Waals surface area contributed by atoms with Crippen molar-refractivity contribution in [1.82, 2.24) is 0 Å². The summed E-state index contributed by atoms with van der Waals surface area (Å²) in [5, 5.41) is 7.59. The fourth-order valence-corrected chi connectivity index (χ4v) is 8.97. The smallest absolute Gasteiger partial charge is 0.0555 e. The first kappa shape index (κ1) is 30.4. The Kier molecular flexibility index (Phi) is 7.41. The van der Waals surface area contributed by atoms with Crippen LogP contribution in [0.3, 0.4) is 0 Å². The standard InChI is InChI=1S/C50H33NS/c1-3-13-36(14-4-1)43-20-11-16-37-23-24-39(33-46(37)43)35-26-28-42(29-27-35)51(41-17-5-2-6-18-41)47-31-30-44(40-25-22-34-12-7-8-15-38(34)32-40)50-49(47)45-19-9-10-21-48(45)52-50/h1-33H. The molecule has 0 N–H and O–H groups in total. The zero-order chi connectivity index (χ0) is 34.4. The maximum Gasteiger partial charge on any atom is 0.0555 e. The molecule has 10 rings (SSSR count). The zero-order valence-corrected chi connectivity index (χ0v) is 29.2. The average molecular weight is 680 g/mol. The summed E-state index contributed by atoms with van der Waals surface area (Å²) in [6.45, 7) is 0. The maximum atomic E-state index is 2.42. The Hall–Kier alpha value is -6.48. The summed E-state index contributed by atoms with van der Waals surface area (Å²) in [6, 6.07) is 72.9. The second-order valence-corrected chi connectivity index (χ2v) is 14.4. The molecule has 52 heavy (non-hydrogen) atoms. The molecule has 0 unspecified atom stereocenters. The number of hydrogen-bond donors (Lipinski definition) is 0. The van der Waals surface area contributed by atoms with Gasteiger partial charge >= 0.3 is 0 Å². The van der Waals surface area contributed by atoms with Crippen LogP contribution in [0.1, 0.15) is 0 Å². The van der Waals surface area contributed by atoms with E-state index in [0.717, 1.165) is 11.4 Å². The van der Waals surface area contributed by atoms with Gasteiger partial charge in [0.25, 0.3) is 0 Å². The third-order valence-electron chi connectivity index (χ3n) is 10.2.